The minimum Gasteiger partial charge on any atom is -0.368 e. The summed E-state index contributed by atoms with van der Waals surface area (Å²) < 4.78 is 65.1. The summed E-state index contributed by atoms with van der Waals surface area (Å²) >= 11 is 0. The Bertz CT molecular complexity index is 1500. The summed E-state index contributed by atoms with van der Waals surface area (Å²) in [6.07, 6.45) is -2.92. The lowest BCUT2D eigenvalue weighted by molar-refractivity contribution is -0.185. The van der Waals surface area contributed by atoms with E-state index in [1.54, 1.807) is 30.5 Å². The molecule has 202 valence electrons. The van der Waals surface area contributed by atoms with Crippen molar-refractivity contribution in [3.63, 3.8) is 0 Å². The molecule has 5 rings (SSSR count). The molecule has 1 aliphatic heterocycles. The minimum atomic E-state index is -4.88. The number of carbonyl (C=O) groups is 2. The topological polar surface area (TPSA) is 68.4 Å². The van der Waals surface area contributed by atoms with Crippen LogP contribution < -0.4 is 10.2 Å². The Labute approximate surface area is 220 Å². The van der Waals surface area contributed by atoms with E-state index in [0.29, 0.717) is 23.2 Å². The number of fused-ring (bicyclic) bond motifs is 1. The van der Waals surface area contributed by atoms with Crippen LogP contribution in [-0.4, -0.2) is 54.1 Å². The number of aromatic amines is 1. The van der Waals surface area contributed by atoms with E-state index in [0.717, 1.165) is 33.1 Å². The molecule has 39 heavy (non-hydrogen) atoms. The lowest BCUT2D eigenvalue weighted by Crippen LogP contribution is -2.52. The zero-order valence-corrected chi connectivity index (χ0v) is 20.5. The number of nitrogens with one attached hydrogen (secondary N) is 2. The summed E-state index contributed by atoms with van der Waals surface area (Å²) in [4.78, 5) is 30.1. The number of rotatable bonds is 5. The number of alkyl halides is 3. The Morgan fingerprint density at radius 1 is 0.846 bits per heavy atom. The fourth-order valence-corrected chi connectivity index (χ4v) is 4.69. The third-order valence-electron chi connectivity index (χ3n) is 6.63. The van der Waals surface area contributed by atoms with E-state index in [-0.39, 0.29) is 32.1 Å². The maximum absolute atomic E-state index is 13.6. The molecule has 2 amide bonds. The summed E-state index contributed by atoms with van der Waals surface area (Å²) in [5, 5.41) is 3.60. The molecule has 0 radical (unpaired) electrons. The van der Waals surface area contributed by atoms with Gasteiger partial charge in [0.05, 0.1) is 5.69 Å². The quantitative estimate of drug-likeness (QED) is 0.328. The molecule has 0 atom stereocenters. The second-order valence-electron chi connectivity index (χ2n) is 9.31. The molecule has 3 aromatic carbocycles. The van der Waals surface area contributed by atoms with Crippen molar-refractivity contribution in [3.8, 4) is 0 Å². The second kappa shape index (κ2) is 10.4. The molecule has 0 aliphatic carbocycles. The molecule has 0 spiro atoms. The number of benzene rings is 3. The molecule has 11 heteroatoms. The highest BCUT2D eigenvalue weighted by Crippen LogP contribution is 2.27. The van der Waals surface area contributed by atoms with Crippen LogP contribution in [0.25, 0.3) is 10.9 Å². The van der Waals surface area contributed by atoms with Gasteiger partial charge in [-0.3, -0.25) is 9.59 Å². The monoisotopic (exact) mass is 542 g/mol. The third-order valence-corrected chi connectivity index (χ3v) is 6.63. The zero-order valence-electron chi connectivity index (χ0n) is 20.5. The SMILES string of the molecule is O=C(Nc1c[nH]c2ccc(Cc3cc(F)cc(F)c3)cc12)c1ccc(N2CCN(C(=O)C(F)(F)F)CC2)cc1. The van der Waals surface area contributed by atoms with E-state index in [2.05, 4.69) is 10.3 Å². The zero-order chi connectivity index (χ0) is 27.7. The molecular weight excluding hydrogens is 519 g/mol. The molecule has 0 saturated carbocycles. The van der Waals surface area contributed by atoms with Crippen molar-refractivity contribution in [2.75, 3.05) is 36.4 Å². The standard InChI is InChI=1S/C28H23F5N4O2/c29-20-12-18(13-21(30)15-20)11-17-1-6-24-23(14-17)25(16-34-24)35-26(38)19-2-4-22(5-3-19)36-7-9-37(10-8-36)27(39)28(31,32)33/h1-6,12-16,34H,7-11H2,(H,35,38). The first-order chi connectivity index (χ1) is 18.6. The smallest absolute Gasteiger partial charge is 0.368 e. The normalized spacial score (nSPS) is 14.1. The van der Waals surface area contributed by atoms with E-state index in [1.807, 2.05) is 23.1 Å². The number of hydrogen-bond donors (Lipinski definition) is 2. The van der Waals surface area contributed by atoms with Crippen molar-refractivity contribution in [2.24, 2.45) is 0 Å². The lowest BCUT2D eigenvalue weighted by Gasteiger charge is -2.36. The predicted octanol–water partition coefficient (Wildman–Crippen LogP) is 5.50. The minimum absolute atomic E-state index is 0.0444. The number of nitrogens with zero attached hydrogens (tertiary/aromatic N) is 2. The van der Waals surface area contributed by atoms with Crippen LogP contribution in [0.15, 0.2) is 66.9 Å². The molecule has 1 aliphatic rings. The lowest BCUT2D eigenvalue weighted by atomic mass is 10.0. The number of H-pyrrole nitrogens is 1. The summed E-state index contributed by atoms with van der Waals surface area (Å²) in [6, 6.07) is 15.5. The van der Waals surface area contributed by atoms with Crippen LogP contribution in [0.1, 0.15) is 21.5 Å². The van der Waals surface area contributed by atoms with Gasteiger partial charge in [-0.2, -0.15) is 13.2 Å². The van der Waals surface area contributed by atoms with Gasteiger partial charge in [0.15, 0.2) is 0 Å². The van der Waals surface area contributed by atoms with E-state index in [1.165, 1.54) is 12.1 Å². The highest BCUT2D eigenvalue weighted by Gasteiger charge is 2.43. The van der Waals surface area contributed by atoms with Crippen LogP contribution in [-0.2, 0) is 11.2 Å². The average Bonchev–Trinajstić information content (AvgIpc) is 3.29. The third kappa shape index (κ3) is 5.87. The largest absolute Gasteiger partial charge is 0.471 e. The molecule has 6 nitrogen and oxygen atoms in total. The highest BCUT2D eigenvalue weighted by atomic mass is 19.4. The average molecular weight is 543 g/mol. The Morgan fingerprint density at radius 3 is 2.15 bits per heavy atom. The Hall–Kier alpha value is -4.41. The molecule has 0 unspecified atom stereocenters. The number of piperazine rings is 1. The van der Waals surface area contributed by atoms with Crippen LogP contribution in [0.4, 0.5) is 33.3 Å². The van der Waals surface area contributed by atoms with Gasteiger partial charge in [0.2, 0.25) is 0 Å². The fraction of sp³-hybridized carbons (Fsp3) is 0.214. The predicted molar refractivity (Wildman–Crippen MR) is 137 cm³/mol. The Balaban J connectivity index is 1.24. The Kier molecular flexibility index (Phi) is 6.98. The molecule has 1 fully saturated rings. The van der Waals surface area contributed by atoms with Crippen LogP contribution in [0, 0.1) is 11.6 Å². The van der Waals surface area contributed by atoms with Crippen LogP contribution in [0.5, 0.6) is 0 Å². The van der Waals surface area contributed by atoms with Crippen LogP contribution >= 0.6 is 0 Å². The molecule has 2 heterocycles. The number of aromatic nitrogens is 1. The number of amides is 2. The van der Waals surface area contributed by atoms with Crippen LogP contribution in [0.3, 0.4) is 0 Å². The van der Waals surface area contributed by atoms with Crippen molar-refractivity contribution in [1.29, 1.82) is 0 Å². The maximum Gasteiger partial charge on any atom is 0.471 e. The number of carbonyl (C=O) groups excluding carboxylic acids is 2. The van der Waals surface area contributed by atoms with Gasteiger partial charge < -0.3 is 20.1 Å². The van der Waals surface area contributed by atoms with Gasteiger partial charge in [-0.1, -0.05) is 6.07 Å². The van der Waals surface area contributed by atoms with Crippen molar-refractivity contribution in [2.45, 2.75) is 12.6 Å². The van der Waals surface area contributed by atoms with E-state index < -0.39 is 23.7 Å². The maximum atomic E-state index is 13.6. The van der Waals surface area contributed by atoms with Crippen molar-refractivity contribution >= 4 is 34.1 Å². The van der Waals surface area contributed by atoms with Gasteiger partial charge in [-0.15, -0.1) is 0 Å². The molecule has 1 aromatic heterocycles. The van der Waals surface area contributed by atoms with Crippen molar-refractivity contribution in [1.82, 2.24) is 9.88 Å². The summed E-state index contributed by atoms with van der Waals surface area (Å²) in [5.41, 5.74) is 3.72. The van der Waals surface area contributed by atoms with E-state index >= 15 is 0 Å². The summed E-state index contributed by atoms with van der Waals surface area (Å²) in [5.74, 6) is -3.49. The van der Waals surface area contributed by atoms with E-state index in [9.17, 15) is 31.5 Å². The second-order valence-corrected chi connectivity index (χ2v) is 9.31. The van der Waals surface area contributed by atoms with Crippen molar-refractivity contribution < 1.29 is 31.5 Å². The summed E-state index contributed by atoms with van der Waals surface area (Å²) in [7, 11) is 0. The molecule has 2 N–H and O–H groups in total. The van der Waals surface area contributed by atoms with Gasteiger partial charge in [-0.05, 0) is 66.1 Å². The van der Waals surface area contributed by atoms with Crippen molar-refractivity contribution in [3.05, 3.63) is 95.2 Å². The van der Waals surface area contributed by atoms with Gasteiger partial charge >= 0.3 is 12.1 Å². The first kappa shape index (κ1) is 26.2. The Morgan fingerprint density at radius 2 is 1.51 bits per heavy atom. The molecule has 0 bridgehead atoms. The first-order valence-electron chi connectivity index (χ1n) is 12.1. The number of anilines is 2. The number of hydrogen-bond acceptors (Lipinski definition) is 3. The highest BCUT2D eigenvalue weighted by molar-refractivity contribution is 6.09. The molecular formula is C28H23F5N4O2. The number of halogens is 5. The van der Waals surface area contributed by atoms with E-state index in [4.69, 9.17) is 0 Å². The van der Waals surface area contributed by atoms with Gasteiger partial charge in [0.25, 0.3) is 5.91 Å². The van der Waals surface area contributed by atoms with Gasteiger partial charge in [0.1, 0.15) is 11.6 Å². The van der Waals surface area contributed by atoms with Gasteiger partial charge in [-0.25, -0.2) is 8.78 Å². The molecule has 4 aromatic rings. The molecule has 1 saturated heterocycles. The van der Waals surface area contributed by atoms with Gasteiger partial charge in [0, 0.05) is 60.6 Å². The summed E-state index contributed by atoms with van der Waals surface area (Å²) in [6.45, 7) is 0.398. The first-order valence-corrected chi connectivity index (χ1v) is 12.1. The van der Waals surface area contributed by atoms with Crippen LogP contribution in [0.2, 0.25) is 0 Å². The fourth-order valence-electron chi connectivity index (χ4n) is 4.69.